The lowest BCUT2D eigenvalue weighted by atomic mass is 10.1. The predicted octanol–water partition coefficient (Wildman–Crippen LogP) is 14.5. The van der Waals surface area contributed by atoms with Crippen LogP contribution in [-0.2, 0) is 25.0 Å². The summed E-state index contributed by atoms with van der Waals surface area (Å²) in [6, 6.07) is 52.7. The van der Waals surface area contributed by atoms with Crippen molar-refractivity contribution in [3.05, 3.63) is 233 Å². The molecule has 0 fully saturated rings. The number of pyridine rings is 1. The number of nitrogens with one attached hydrogen (secondary N) is 2. The van der Waals surface area contributed by atoms with Crippen molar-refractivity contribution in [1.29, 1.82) is 0 Å². The van der Waals surface area contributed by atoms with Gasteiger partial charge >= 0.3 is 0 Å². The van der Waals surface area contributed by atoms with E-state index in [1.165, 1.54) is 49.0 Å². The van der Waals surface area contributed by atoms with E-state index in [4.69, 9.17) is 33.9 Å². The summed E-state index contributed by atoms with van der Waals surface area (Å²) >= 11 is 14.9. The number of rotatable bonds is 8. The number of fused-ring (bicyclic) bond motifs is 6. The number of alkyl halides is 1. The van der Waals surface area contributed by atoms with Gasteiger partial charge in [0.2, 0.25) is 16.5 Å². The van der Waals surface area contributed by atoms with Crippen molar-refractivity contribution >= 4 is 116 Å². The molecule has 6 aromatic carbocycles. The first-order chi connectivity index (χ1) is 36.1. The zero-order chi connectivity index (χ0) is 51.0. The maximum atomic E-state index is 5.89. The molecule has 7 heterocycles. The number of nitrogens with two attached hydrogens (primary N) is 1. The number of aryl methyl sites for hydroxylation is 2. The number of anilines is 2. The zero-order valence-corrected chi connectivity index (χ0v) is 43.6. The summed E-state index contributed by atoms with van der Waals surface area (Å²) in [5.74, 6) is 1.14. The highest BCUT2D eigenvalue weighted by Crippen LogP contribution is 2.23. The van der Waals surface area contributed by atoms with Gasteiger partial charge < -0.3 is 25.2 Å². The summed E-state index contributed by atoms with van der Waals surface area (Å²) in [4.78, 5) is 32.6. The lowest BCUT2D eigenvalue weighted by Crippen LogP contribution is -2.09. The Labute approximate surface area is 445 Å². The Morgan fingerprint density at radius 1 is 0.527 bits per heavy atom. The quantitative estimate of drug-likeness (QED) is 0.0996. The van der Waals surface area contributed by atoms with E-state index in [1.807, 2.05) is 44.4 Å². The van der Waals surface area contributed by atoms with E-state index in [2.05, 4.69) is 205 Å². The zero-order valence-electron chi connectivity index (χ0n) is 40.5. The smallest absolute Gasteiger partial charge is 0.224 e. The Morgan fingerprint density at radius 2 is 1.03 bits per heavy atom. The molecule has 0 aliphatic heterocycles. The van der Waals surface area contributed by atoms with Gasteiger partial charge in [0.1, 0.15) is 22.8 Å². The third-order valence-corrected chi connectivity index (χ3v) is 13.6. The molecule has 0 saturated carbocycles. The molecule has 13 aromatic rings. The molecule has 4 N–H and O–H groups in total. The van der Waals surface area contributed by atoms with Crippen molar-refractivity contribution in [3.63, 3.8) is 0 Å². The number of benzene rings is 6. The van der Waals surface area contributed by atoms with Gasteiger partial charge in [-0.15, -0.1) is 0 Å². The molecule has 0 radical (unpaired) electrons. The van der Waals surface area contributed by atoms with Crippen LogP contribution in [0.15, 0.2) is 189 Å². The highest BCUT2D eigenvalue weighted by molar-refractivity contribution is 9.08. The van der Waals surface area contributed by atoms with Crippen LogP contribution in [0.1, 0.15) is 33.5 Å². The van der Waals surface area contributed by atoms with E-state index >= 15 is 0 Å². The van der Waals surface area contributed by atoms with Crippen LogP contribution >= 0.6 is 39.1 Å². The number of hydrogen-bond acceptors (Lipinski definition) is 9. The lowest BCUT2D eigenvalue weighted by molar-refractivity contribution is 0.824. The molecule has 0 atom stereocenters. The fourth-order valence-electron chi connectivity index (χ4n) is 8.79. The average Bonchev–Trinajstić information content (AvgIpc) is 4.17. The topological polar surface area (TPSA) is 154 Å². The third-order valence-electron chi connectivity index (χ3n) is 12.5. The number of aromatic amines is 1. The summed E-state index contributed by atoms with van der Waals surface area (Å²) in [7, 11) is 0. The highest BCUT2D eigenvalue weighted by Gasteiger charge is 2.11. The fraction of sp³-hybridized carbons (Fsp3) is 0.102. The van der Waals surface area contributed by atoms with Crippen molar-refractivity contribution in [1.82, 2.24) is 49.0 Å². The molecule has 0 bridgehead atoms. The molecule has 0 saturated heterocycles. The van der Waals surface area contributed by atoms with E-state index in [9.17, 15) is 0 Å². The SMILES string of the molecule is BrCc1ccc2ccccc2c1.Cc1cc(N)nc(C)c1CNc1ncc2ccn(Cc3ccc4ccccc4c3)c2n1.Clc1ncc2cc[nH]c2n1.Clc1ncc2ccn(Cc3ccc4ccccc4c3)c2n1. The van der Waals surface area contributed by atoms with Crippen molar-refractivity contribution in [2.45, 2.75) is 38.8 Å². The van der Waals surface area contributed by atoms with Crippen LogP contribution in [0.4, 0.5) is 11.8 Å². The van der Waals surface area contributed by atoms with Crippen molar-refractivity contribution in [2.75, 3.05) is 11.1 Å². The van der Waals surface area contributed by atoms with Crippen LogP contribution in [0.3, 0.4) is 0 Å². The van der Waals surface area contributed by atoms with Crippen LogP contribution in [-0.4, -0.2) is 49.0 Å². The summed E-state index contributed by atoms with van der Waals surface area (Å²) in [6.07, 6.45) is 11.2. The lowest BCUT2D eigenvalue weighted by Gasteiger charge is -2.12. The molecule has 366 valence electrons. The second kappa shape index (κ2) is 22.7. The molecule has 0 aliphatic rings. The summed E-state index contributed by atoms with van der Waals surface area (Å²) in [5, 5.41) is 15.4. The van der Waals surface area contributed by atoms with Crippen LogP contribution in [0, 0.1) is 13.8 Å². The minimum absolute atomic E-state index is 0.273. The van der Waals surface area contributed by atoms with E-state index in [1.54, 1.807) is 18.6 Å². The molecule has 13 rings (SSSR count). The molecule has 0 spiro atoms. The van der Waals surface area contributed by atoms with Gasteiger partial charge in [-0.2, -0.15) is 15.0 Å². The molecule has 0 unspecified atom stereocenters. The normalized spacial score (nSPS) is 11.0. The number of H-pyrrole nitrogens is 1. The third kappa shape index (κ3) is 11.8. The maximum Gasteiger partial charge on any atom is 0.224 e. The van der Waals surface area contributed by atoms with E-state index in [0.717, 1.165) is 68.3 Å². The second-order valence-electron chi connectivity index (χ2n) is 17.7. The number of aromatic nitrogens is 10. The van der Waals surface area contributed by atoms with E-state index in [-0.39, 0.29) is 10.6 Å². The van der Waals surface area contributed by atoms with E-state index in [0.29, 0.717) is 18.3 Å². The standard InChI is InChI=1S/C25H24N6.C17H12ClN3.C11H9Br.C6H4ClN3/c1-16-11-23(26)29-17(2)22(16)14-28-25-27-13-21-9-10-31(24(21)30-25)15-18-7-8-19-5-3-4-6-20(19)12-18;18-17-19-10-15-7-8-21(16(15)20-17)11-12-5-6-13-3-1-2-4-14(13)9-12;12-8-9-5-6-10-3-1-2-4-11(10)7-9;7-6-9-3-4-1-2-8-5(4)10-6/h3-13H,14-15H2,1-2H3,(H2,26,29)(H,27,28,30);1-10H,11H2;1-7H,8H2;1-3H,(H,8,9,10). The van der Waals surface area contributed by atoms with Crippen LogP contribution < -0.4 is 11.1 Å². The highest BCUT2D eigenvalue weighted by atomic mass is 79.9. The Balaban J connectivity index is 0.000000124. The Bertz CT molecular complexity index is 4050. The van der Waals surface area contributed by atoms with Gasteiger partial charge in [-0.05, 0) is 134 Å². The average molecular weight is 1080 g/mol. The van der Waals surface area contributed by atoms with Gasteiger partial charge in [0.15, 0.2) is 0 Å². The minimum atomic E-state index is 0.273. The number of halogens is 3. The van der Waals surface area contributed by atoms with Gasteiger partial charge in [0.05, 0.1) is 0 Å². The number of hydrogen-bond donors (Lipinski definition) is 3. The van der Waals surface area contributed by atoms with Gasteiger partial charge in [-0.3, -0.25) is 0 Å². The molecule has 74 heavy (non-hydrogen) atoms. The second-order valence-corrected chi connectivity index (χ2v) is 18.9. The summed E-state index contributed by atoms with van der Waals surface area (Å²) < 4.78 is 4.25. The Hall–Kier alpha value is -8.23. The first kappa shape index (κ1) is 49.4. The fourth-order valence-corrected chi connectivity index (χ4v) is 9.40. The summed E-state index contributed by atoms with van der Waals surface area (Å²) in [5.41, 5.74) is 15.3. The molecule has 15 heteroatoms. The number of nitrogens with zero attached hydrogens (tertiary/aromatic N) is 9. The maximum absolute atomic E-state index is 5.89. The largest absolute Gasteiger partial charge is 0.384 e. The van der Waals surface area contributed by atoms with Crippen LogP contribution in [0.2, 0.25) is 10.6 Å². The Morgan fingerprint density at radius 3 is 1.59 bits per heavy atom. The van der Waals surface area contributed by atoms with E-state index < -0.39 is 0 Å². The molecular formula is C59H49BrCl2N12. The molecular weight excluding hydrogens is 1030 g/mol. The van der Waals surface area contributed by atoms with Gasteiger partial charge in [-0.1, -0.05) is 131 Å². The Kier molecular flexibility index (Phi) is 15.1. The summed E-state index contributed by atoms with van der Waals surface area (Å²) in [6.45, 7) is 6.13. The molecule has 12 nitrogen and oxygen atoms in total. The van der Waals surface area contributed by atoms with Crippen LogP contribution in [0.5, 0.6) is 0 Å². The first-order valence-corrected chi connectivity index (χ1v) is 25.7. The van der Waals surface area contributed by atoms with Crippen molar-refractivity contribution in [3.8, 4) is 0 Å². The molecule has 0 amide bonds. The van der Waals surface area contributed by atoms with Gasteiger partial charge in [0, 0.05) is 84.0 Å². The first-order valence-electron chi connectivity index (χ1n) is 23.8. The predicted molar refractivity (Wildman–Crippen MR) is 307 cm³/mol. The van der Waals surface area contributed by atoms with Crippen molar-refractivity contribution in [2.24, 2.45) is 0 Å². The molecule has 7 aromatic heterocycles. The minimum Gasteiger partial charge on any atom is -0.384 e. The van der Waals surface area contributed by atoms with Gasteiger partial charge in [-0.25, -0.2) is 19.9 Å². The monoisotopic (exact) mass is 1070 g/mol. The number of nitrogen functional groups attached to an aromatic ring is 1. The molecule has 0 aliphatic carbocycles. The van der Waals surface area contributed by atoms with Gasteiger partial charge in [0.25, 0.3) is 0 Å². The van der Waals surface area contributed by atoms with Crippen LogP contribution in [0.25, 0.3) is 65.4 Å². The van der Waals surface area contributed by atoms with Crippen molar-refractivity contribution < 1.29 is 0 Å².